The summed E-state index contributed by atoms with van der Waals surface area (Å²) in [5, 5.41) is 3.41. The summed E-state index contributed by atoms with van der Waals surface area (Å²) < 4.78 is 6.04. The Balaban J connectivity index is 2.02. The van der Waals surface area contributed by atoms with E-state index in [0.717, 1.165) is 19.4 Å². The maximum atomic E-state index is 12.7. The molecule has 4 heteroatoms. The number of nitrogens with zero attached hydrogens (tertiary/aromatic N) is 1. The highest BCUT2D eigenvalue weighted by atomic mass is 16.5. The largest absolute Gasteiger partial charge is 0.366 e. The van der Waals surface area contributed by atoms with Gasteiger partial charge in [-0.3, -0.25) is 4.79 Å². The van der Waals surface area contributed by atoms with E-state index in [2.05, 4.69) is 39.9 Å². The van der Waals surface area contributed by atoms with Gasteiger partial charge in [0.15, 0.2) is 0 Å². The van der Waals surface area contributed by atoms with Crippen molar-refractivity contribution >= 4 is 5.91 Å². The van der Waals surface area contributed by atoms with Gasteiger partial charge in [-0.05, 0) is 47.5 Å². The molecule has 2 saturated heterocycles. The molecule has 1 amide bonds. The average Bonchev–Trinajstić information content (AvgIpc) is 2.25. The maximum Gasteiger partial charge on any atom is 0.227 e. The number of piperidine rings is 1. The van der Waals surface area contributed by atoms with Gasteiger partial charge in [0.2, 0.25) is 5.91 Å². The Labute approximate surface area is 116 Å². The topological polar surface area (TPSA) is 41.6 Å². The molecule has 0 aromatic heterocycles. The molecule has 110 valence electrons. The molecule has 0 aromatic carbocycles. The van der Waals surface area contributed by atoms with Crippen molar-refractivity contribution in [1.82, 2.24) is 10.2 Å². The molecule has 2 unspecified atom stereocenters. The van der Waals surface area contributed by atoms with E-state index in [-0.39, 0.29) is 17.1 Å². The van der Waals surface area contributed by atoms with Crippen molar-refractivity contribution in [2.24, 2.45) is 5.92 Å². The number of morpholine rings is 1. The van der Waals surface area contributed by atoms with Gasteiger partial charge in [0.05, 0.1) is 17.1 Å². The smallest absolute Gasteiger partial charge is 0.227 e. The molecule has 0 bridgehead atoms. The second-order valence-corrected chi connectivity index (χ2v) is 7.40. The van der Waals surface area contributed by atoms with Crippen LogP contribution >= 0.6 is 0 Å². The third-order valence-electron chi connectivity index (χ3n) is 4.02. The molecule has 2 aliphatic heterocycles. The minimum Gasteiger partial charge on any atom is -0.366 e. The summed E-state index contributed by atoms with van der Waals surface area (Å²) in [6, 6.07) is 0.543. The molecule has 0 aromatic rings. The van der Waals surface area contributed by atoms with E-state index < -0.39 is 0 Å². The van der Waals surface area contributed by atoms with E-state index >= 15 is 0 Å². The number of carbonyl (C=O) groups is 1. The van der Waals surface area contributed by atoms with Crippen molar-refractivity contribution in [3.05, 3.63) is 0 Å². The van der Waals surface area contributed by atoms with Crippen LogP contribution in [-0.2, 0) is 9.53 Å². The summed E-state index contributed by atoms with van der Waals surface area (Å²) in [5.74, 6) is 0.435. The summed E-state index contributed by atoms with van der Waals surface area (Å²) in [7, 11) is 0. The van der Waals surface area contributed by atoms with E-state index in [1.165, 1.54) is 0 Å². The fourth-order valence-corrected chi connectivity index (χ4v) is 3.41. The number of rotatable bonds is 1. The van der Waals surface area contributed by atoms with E-state index in [0.29, 0.717) is 25.0 Å². The highest BCUT2D eigenvalue weighted by Gasteiger charge is 2.41. The normalized spacial score (nSPS) is 34.1. The first-order valence-electron chi connectivity index (χ1n) is 7.41. The van der Waals surface area contributed by atoms with Gasteiger partial charge in [-0.1, -0.05) is 0 Å². The minimum absolute atomic E-state index is 0.140. The third kappa shape index (κ3) is 3.69. The van der Waals surface area contributed by atoms with Gasteiger partial charge in [0.1, 0.15) is 0 Å². The maximum absolute atomic E-state index is 12.7. The molecule has 2 fully saturated rings. The first-order chi connectivity index (χ1) is 8.69. The molecule has 4 nitrogen and oxygen atoms in total. The molecular weight excluding hydrogens is 240 g/mol. The Morgan fingerprint density at radius 2 is 1.74 bits per heavy atom. The fourth-order valence-electron chi connectivity index (χ4n) is 3.41. The molecule has 2 aliphatic rings. The molecule has 1 N–H and O–H groups in total. The van der Waals surface area contributed by atoms with Crippen LogP contribution in [-0.4, -0.2) is 47.7 Å². The number of hydrogen-bond donors (Lipinski definition) is 1. The number of ether oxygens (including phenoxy) is 1. The molecule has 0 saturated carbocycles. The zero-order valence-corrected chi connectivity index (χ0v) is 13.0. The number of nitrogens with one attached hydrogen (secondary N) is 1. The Kier molecular flexibility index (Phi) is 3.94. The predicted molar refractivity (Wildman–Crippen MR) is 76.0 cm³/mol. The van der Waals surface area contributed by atoms with Crippen molar-refractivity contribution in [3.8, 4) is 0 Å². The van der Waals surface area contributed by atoms with Gasteiger partial charge in [0, 0.05) is 25.7 Å². The van der Waals surface area contributed by atoms with Crippen LogP contribution in [0.25, 0.3) is 0 Å². The Hall–Kier alpha value is -0.610. The first-order valence-corrected chi connectivity index (χ1v) is 7.41. The lowest BCUT2D eigenvalue weighted by Gasteiger charge is -2.48. The van der Waals surface area contributed by atoms with Crippen LogP contribution in [0.5, 0.6) is 0 Å². The number of carbonyl (C=O) groups excluding carboxylic acids is 1. The first kappa shape index (κ1) is 14.8. The molecule has 2 heterocycles. The van der Waals surface area contributed by atoms with E-state index in [1.54, 1.807) is 0 Å². The lowest BCUT2D eigenvalue weighted by molar-refractivity contribution is -0.190. The molecule has 2 rings (SSSR count). The van der Waals surface area contributed by atoms with E-state index in [1.807, 2.05) is 4.90 Å². The quantitative estimate of drug-likeness (QED) is 0.788. The number of hydrogen-bond acceptors (Lipinski definition) is 3. The molecule has 0 radical (unpaired) electrons. The van der Waals surface area contributed by atoms with Gasteiger partial charge in [-0.2, -0.15) is 0 Å². The Morgan fingerprint density at radius 1 is 1.16 bits per heavy atom. The van der Waals surface area contributed by atoms with Gasteiger partial charge in [0.25, 0.3) is 0 Å². The molecule has 19 heavy (non-hydrogen) atoms. The van der Waals surface area contributed by atoms with Gasteiger partial charge in [-0.25, -0.2) is 0 Å². The van der Waals surface area contributed by atoms with Gasteiger partial charge in [-0.15, -0.1) is 0 Å². The molecule has 0 aliphatic carbocycles. The highest BCUT2D eigenvalue weighted by molar-refractivity contribution is 5.79. The molecule has 0 spiro atoms. The molecule has 2 atom stereocenters. The van der Waals surface area contributed by atoms with Crippen LogP contribution < -0.4 is 5.32 Å². The van der Waals surface area contributed by atoms with Gasteiger partial charge < -0.3 is 15.0 Å². The minimum atomic E-state index is -0.257. The highest BCUT2D eigenvalue weighted by Crippen LogP contribution is 2.29. The SMILES string of the molecule is CC1CCC(C(=O)N2CC(C)(C)OC(C)(C)C2)CN1. The van der Waals surface area contributed by atoms with Crippen molar-refractivity contribution in [3.63, 3.8) is 0 Å². The fraction of sp³-hybridized carbons (Fsp3) is 0.933. The van der Waals surface area contributed by atoms with Crippen molar-refractivity contribution in [2.75, 3.05) is 19.6 Å². The predicted octanol–water partition coefficient (Wildman–Crippen LogP) is 1.79. The van der Waals surface area contributed by atoms with Crippen molar-refractivity contribution in [1.29, 1.82) is 0 Å². The lowest BCUT2D eigenvalue weighted by Crippen LogP contribution is -2.60. The van der Waals surface area contributed by atoms with E-state index in [9.17, 15) is 4.79 Å². The zero-order chi connectivity index (χ0) is 14.3. The Bertz CT molecular complexity index is 328. The molecular formula is C15H28N2O2. The Morgan fingerprint density at radius 3 is 2.21 bits per heavy atom. The summed E-state index contributed by atoms with van der Waals surface area (Å²) in [5.41, 5.74) is -0.514. The second kappa shape index (κ2) is 5.06. The average molecular weight is 268 g/mol. The summed E-state index contributed by atoms with van der Waals surface area (Å²) in [6.45, 7) is 12.7. The third-order valence-corrected chi connectivity index (χ3v) is 4.02. The summed E-state index contributed by atoms with van der Waals surface area (Å²) in [4.78, 5) is 14.7. The van der Waals surface area contributed by atoms with Crippen LogP contribution in [0.1, 0.15) is 47.5 Å². The summed E-state index contributed by atoms with van der Waals surface area (Å²) >= 11 is 0. The van der Waals surface area contributed by atoms with Crippen molar-refractivity contribution < 1.29 is 9.53 Å². The van der Waals surface area contributed by atoms with Gasteiger partial charge >= 0.3 is 0 Å². The second-order valence-electron chi connectivity index (χ2n) is 7.40. The van der Waals surface area contributed by atoms with Crippen LogP contribution in [0.2, 0.25) is 0 Å². The van der Waals surface area contributed by atoms with Crippen molar-refractivity contribution in [2.45, 2.75) is 64.7 Å². The summed E-state index contributed by atoms with van der Waals surface area (Å²) in [6.07, 6.45) is 2.10. The van der Waals surface area contributed by atoms with E-state index in [4.69, 9.17) is 4.74 Å². The van der Waals surface area contributed by atoms with Crippen LogP contribution in [0.4, 0.5) is 0 Å². The standard InChI is InChI=1S/C15H28N2O2/c1-11-6-7-12(8-16-11)13(18)17-9-14(2,3)19-15(4,5)10-17/h11-12,16H,6-10H2,1-5H3. The van der Waals surface area contributed by atoms with Crippen LogP contribution in [0.3, 0.4) is 0 Å². The van der Waals surface area contributed by atoms with Crippen LogP contribution in [0, 0.1) is 5.92 Å². The lowest BCUT2D eigenvalue weighted by atomic mass is 9.92. The van der Waals surface area contributed by atoms with Crippen LogP contribution in [0.15, 0.2) is 0 Å². The number of amides is 1. The monoisotopic (exact) mass is 268 g/mol. The zero-order valence-electron chi connectivity index (χ0n) is 13.0.